The lowest BCUT2D eigenvalue weighted by Gasteiger charge is -2.20. The Hall–Kier alpha value is -2.92. The number of amides is 1. The molecule has 0 atom stereocenters. The number of hydrogen-bond acceptors (Lipinski definition) is 4. The zero-order chi connectivity index (χ0) is 18.6. The van der Waals surface area contributed by atoms with Crippen molar-refractivity contribution >= 4 is 5.91 Å². The van der Waals surface area contributed by atoms with E-state index in [-0.39, 0.29) is 5.91 Å². The first-order valence-electron chi connectivity index (χ1n) is 9.28. The molecule has 1 aromatic heterocycles. The molecule has 0 radical (unpaired) electrons. The second kappa shape index (κ2) is 7.76. The fraction of sp³-hybridized carbons (Fsp3) is 0.273. The number of carbonyl (C=O) groups excluding carboxylic acids is 1. The Kier molecular flexibility index (Phi) is 5.03. The van der Waals surface area contributed by atoms with Crippen molar-refractivity contribution in [3.05, 3.63) is 77.8 Å². The molecule has 0 unspecified atom stereocenters. The van der Waals surface area contributed by atoms with Gasteiger partial charge in [0.2, 0.25) is 5.89 Å². The third-order valence-electron chi connectivity index (χ3n) is 4.84. The lowest BCUT2D eigenvalue weighted by Crippen LogP contribution is -2.25. The third kappa shape index (κ3) is 4.26. The van der Waals surface area contributed by atoms with E-state index in [0.717, 1.165) is 23.8 Å². The number of oxazole rings is 1. The molecule has 0 saturated heterocycles. The Balaban J connectivity index is 1.45. The van der Waals surface area contributed by atoms with Gasteiger partial charge in [-0.15, -0.1) is 0 Å². The Morgan fingerprint density at radius 3 is 2.52 bits per heavy atom. The summed E-state index contributed by atoms with van der Waals surface area (Å²) in [5.74, 6) is 1.48. The first-order valence-corrected chi connectivity index (χ1v) is 9.28. The summed E-state index contributed by atoms with van der Waals surface area (Å²) in [5.41, 5.74) is 2.91. The van der Waals surface area contributed by atoms with Crippen LogP contribution in [0.1, 0.15) is 34.7 Å². The van der Waals surface area contributed by atoms with Crippen molar-refractivity contribution in [1.82, 2.24) is 15.2 Å². The van der Waals surface area contributed by atoms with Crippen LogP contribution in [0.15, 0.2) is 65.2 Å². The summed E-state index contributed by atoms with van der Waals surface area (Å²) in [4.78, 5) is 18.6. The minimum absolute atomic E-state index is 0.0613. The second-order valence-electron chi connectivity index (χ2n) is 6.90. The van der Waals surface area contributed by atoms with Crippen LogP contribution in [0.2, 0.25) is 0 Å². The number of rotatable bonds is 7. The zero-order valence-corrected chi connectivity index (χ0v) is 15.4. The van der Waals surface area contributed by atoms with E-state index in [0.29, 0.717) is 18.2 Å². The molecule has 0 bridgehead atoms. The van der Waals surface area contributed by atoms with Gasteiger partial charge in [0, 0.05) is 30.8 Å². The highest BCUT2D eigenvalue weighted by atomic mass is 16.4. The first kappa shape index (κ1) is 17.5. The van der Waals surface area contributed by atoms with Gasteiger partial charge in [0.05, 0.1) is 12.7 Å². The van der Waals surface area contributed by atoms with Crippen LogP contribution in [0, 0.1) is 0 Å². The van der Waals surface area contributed by atoms with Gasteiger partial charge < -0.3 is 9.73 Å². The molecule has 1 fully saturated rings. The van der Waals surface area contributed by atoms with Gasteiger partial charge in [-0.1, -0.05) is 42.5 Å². The molecule has 0 aliphatic heterocycles. The number of aromatic nitrogens is 1. The summed E-state index contributed by atoms with van der Waals surface area (Å²) in [6.07, 6.45) is 4.22. The molecule has 3 aromatic rings. The molecule has 138 valence electrons. The molecule has 1 N–H and O–H groups in total. The monoisotopic (exact) mass is 361 g/mol. The molecule has 27 heavy (non-hydrogen) atoms. The maximum atomic E-state index is 11.7. The van der Waals surface area contributed by atoms with Gasteiger partial charge in [-0.05, 0) is 30.5 Å². The lowest BCUT2D eigenvalue weighted by atomic mass is 10.1. The highest BCUT2D eigenvalue weighted by molar-refractivity contribution is 5.93. The Labute approximate surface area is 159 Å². The molecular formula is C22H23N3O2. The fourth-order valence-electron chi connectivity index (χ4n) is 3.19. The summed E-state index contributed by atoms with van der Waals surface area (Å²) in [7, 11) is 1.64. The van der Waals surface area contributed by atoms with Gasteiger partial charge in [-0.25, -0.2) is 4.98 Å². The van der Waals surface area contributed by atoms with Crippen molar-refractivity contribution in [2.24, 2.45) is 0 Å². The van der Waals surface area contributed by atoms with Crippen LogP contribution in [-0.2, 0) is 13.1 Å². The molecule has 4 rings (SSSR count). The van der Waals surface area contributed by atoms with Crippen LogP contribution in [0.3, 0.4) is 0 Å². The Bertz CT molecular complexity index is 899. The van der Waals surface area contributed by atoms with Crippen LogP contribution in [-0.4, -0.2) is 28.9 Å². The van der Waals surface area contributed by atoms with E-state index in [1.54, 1.807) is 13.2 Å². The summed E-state index contributed by atoms with van der Waals surface area (Å²) in [5, 5.41) is 2.65. The maximum Gasteiger partial charge on any atom is 0.251 e. The topological polar surface area (TPSA) is 58.4 Å². The van der Waals surface area contributed by atoms with Crippen LogP contribution in [0.4, 0.5) is 0 Å². The van der Waals surface area contributed by atoms with Crippen LogP contribution >= 0.6 is 0 Å². The Morgan fingerprint density at radius 2 is 1.85 bits per heavy atom. The van der Waals surface area contributed by atoms with E-state index >= 15 is 0 Å². The van der Waals surface area contributed by atoms with E-state index in [9.17, 15) is 4.79 Å². The summed E-state index contributed by atoms with van der Waals surface area (Å²) >= 11 is 0. The average Bonchev–Trinajstić information content (AvgIpc) is 3.47. The van der Waals surface area contributed by atoms with Crippen molar-refractivity contribution in [2.45, 2.75) is 32.0 Å². The van der Waals surface area contributed by atoms with Gasteiger partial charge in [-0.3, -0.25) is 9.69 Å². The second-order valence-corrected chi connectivity index (χ2v) is 6.90. The normalized spacial score (nSPS) is 13.7. The van der Waals surface area contributed by atoms with Gasteiger partial charge in [0.25, 0.3) is 5.91 Å². The Morgan fingerprint density at radius 1 is 1.11 bits per heavy atom. The number of nitrogens with zero attached hydrogens (tertiary/aromatic N) is 2. The van der Waals surface area contributed by atoms with Crippen LogP contribution in [0.5, 0.6) is 0 Å². The molecular weight excluding hydrogens is 338 g/mol. The summed E-state index contributed by atoms with van der Waals surface area (Å²) in [6, 6.07) is 18.4. The number of benzene rings is 2. The van der Waals surface area contributed by atoms with E-state index in [1.807, 2.05) is 54.6 Å². The van der Waals surface area contributed by atoms with Crippen molar-refractivity contribution in [2.75, 3.05) is 7.05 Å². The van der Waals surface area contributed by atoms with Gasteiger partial charge in [0.1, 0.15) is 0 Å². The summed E-state index contributed by atoms with van der Waals surface area (Å²) < 4.78 is 5.98. The largest absolute Gasteiger partial charge is 0.439 e. The number of carbonyl (C=O) groups is 1. The smallest absolute Gasteiger partial charge is 0.251 e. The van der Waals surface area contributed by atoms with Crippen molar-refractivity contribution in [1.29, 1.82) is 0 Å². The fourth-order valence-corrected chi connectivity index (χ4v) is 3.19. The molecule has 1 amide bonds. The van der Waals surface area contributed by atoms with Gasteiger partial charge >= 0.3 is 0 Å². The quantitative estimate of drug-likeness (QED) is 0.694. The van der Waals surface area contributed by atoms with Crippen molar-refractivity contribution in [3.8, 4) is 11.3 Å². The average molecular weight is 361 g/mol. The van der Waals surface area contributed by atoms with Crippen molar-refractivity contribution < 1.29 is 9.21 Å². The van der Waals surface area contributed by atoms with Crippen LogP contribution in [0.25, 0.3) is 11.3 Å². The van der Waals surface area contributed by atoms with Crippen LogP contribution < -0.4 is 5.32 Å². The van der Waals surface area contributed by atoms with E-state index in [2.05, 4.69) is 15.2 Å². The molecule has 1 saturated carbocycles. The minimum atomic E-state index is -0.0613. The number of hydrogen-bond donors (Lipinski definition) is 1. The maximum absolute atomic E-state index is 11.7. The molecule has 5 heteroatoms. The number of nitrogens with one attached hydrogen (secondary N) is 1. The van der Waals surface area contributed by atoms with E-state index in [1.165, 1.54) is 18.4 Å². The van der Waals surface area contributed by atoms with E-state index in [4.69, 9.17) is 4.42 Å². The molecule has 1 heterocycles. The first-order chi connectivity index (χ1) is 13.2. The van der Waals surface area contributed by atoms with Crippen molar-refractivity contribution in [3.63, 3.8) is 0 Å². The molecule has 2 aromatic carbocycles. The summed E-state index contributed by atoms with van der Waals surface area (Å²) in [6.45, 7) is 1.51. The SMILES string of the molecule is CNC(=O)c1ccc(CN(Cc2ncc(-c3ccccc3)o2)C2CC2)cc1. The minimum Gasteiger partial charge on any atom is -0.439 e. The molecule has 1 aliphatic carbocycles. The molecule has 1 aliphatic rings. The van der Waals surface area contributed by atoms with Gasteiger partial charge in [-0.2, -0.15) is 0 Å². The molecule has 0 spiro atoms. The predicted octanol–water partition coefficient (Wildman–Crippen LogP) is 3.87. The third-order valence-corrected chi connectivity index (χ3v) is 4.84. The predicted molar refractivity (Wildman–Crippen MR) is 104 cm³/mol. The highest BCUT2D eigenvalue weighted by Crippen LogP contribution is 2.30. The highest BCUT2D eigenvalue weighted by Gasteiger charge is 2.30. The molecule has 5 nitrogen and oxygen atoms in total. The van der Waals surface area contributed by atoms with Gasteiger partial charge in [0.15, 0.2) is 5.76 Å². The zero-order valence-electron chi connectivity index (χ0n) is 15.4. The standard InChI is InChI=1S/C22H23N3O2/c1-23-22(26)18-9-7-16(8-10-18)14-25(19-11-12-19)15-21-24-13-20(27-21)17-5-3-2-4-6-17/h2-10,13,19H,11-12,14-15H2,1H3,(H,23,26). The van der Waals surface area contributed by atoms with E-state index < -0.39 is 0 Å². The lowest BCUT2D eigenvalue weighted by molar-refractivity contribution is 0.0963.